The van der Waals surface area contributed by atoms with E-state index >= 15 is 4.39 Å². The normalized spacial score (nSPS) is 17.8. The summed E-state index contributed by atoms with van der Waals surface area (Å²) in [5, 5.41) is 10.2. The standard InChI is InChI=1S/C33H36F4N4O4/c1-44-25-4-5-29-26(19-25)30(23(20-38-29)21-41-13-15-45-16-14-41)27(35)6-7-33(32(42)39-43)8-11-40(12-9-33)10-2-3-22-17-24(34)18-28(36)31(22)37/h4-5,17-20,27,43H,6-16,21H2,1H3,(H,39,42). The van der Waals surface area contributed by atoms with Gasteiger partial charge in [-0.05, 0) is 55.5 Å². The number of alkyl halides is 1. The molecule has 1 amide bonds. The Morgan fingerprint density at radius 1 is 1.13 bits per heavy atom. The number of fused-ring (bicyclic) bond motifs is 1. The van der Waals surface area contributed by atoms with Crippen LogP contribution in [0.5, 0.6) is 5.75 Å². The minimum absolute atomic E-state index is 0.0318. The van der Waals surface area contributed by atoms with Crippen molar-refractivity contribution in [2.75, 3.05) is 53.0 Å². The zero-order chi connectivity index (χ0) is 32.0. The zero-order valence-corrected chi connectivity index (χ0v) is 25.1. The molecule has 2 N–H and O–H groups in total. The molecule has 3 heterocycles. The summed E-state index contributed by atoms with van der Waals surface area (Å²) in [5.41, 5.74) is 2.29. The molecule has 240 valence electrons. The fourth-order valence-corrected chi connectivity index (χ4v) is 6.15. The van der Waals surface area contributed by atoms with Crippen LogP contribution in [0.4, 0.5) is 17.6 Å². The van der Waals surface area contributed by atoms with Crippen LogP contribution in [0.3, 0.4) is 0 Å². The van der Waals surface area contributed by atoms with E-state index in [9.17, 15) is 23.2 Å². The van der Waals surface area contributed by atoms with Crippen molar-refractivity contribution in [1.29, 1.82) is 0 Å². The number of ether oxygens (including phenoxy) is 2. The van der Waals surface area contributed by atoms with Crippen LogP contribution in [0, 0.1) is 34.7 Å². The van der Waals surface area contributed by atoms with Crippen LogP contribution in [0.25, 0.3) is 10.9 Å². The summed E-state index contributed by atoms with van der Waals surface area (Å²) in [6.07, 6.45) is 1.15. The van der Waals surface area contributed by atoms with Gasteiger partial charge in [0.05, 0.1) is 43.4 Å². The van der Waals surface area contributed by atoms with Gasteiger partial charge in [0.2, 0.25) is 5.91 Å². The molecule has 45 heavy (non-hydrogen) atoms. The molecule has 2 aromatic carbocycles. The Kier molecular flexibility index (Phi) is 10.6. The van der Waals surface area contributed by atoms with Gasteiger partial charge in [0.1, 0.15) is 17.7 Å². The molecule has 2 fully saturated rings. The molecule has 1 unspecified atom stereocenters. The molecule has 0 aliphatic carbocycles. The van der Waals surface area contributed by atoms with E-state index in [0.29, 0.717) is 74.0 Å². The van der Waals surface area contributed by atoms with Crippen molar-refractivity contribution in [3.05, 3.63) is 70.7 Å². The summed E-state index contributed by atoms with van der Waals surface area (Å²) in [4.78, 5) is 21.7. The highest BCUT2D eigenvalue weighted by Crippen LogP contribution is 2.41. The molecule has 0 radical (unpaired) electrons. The lowest BCUT2D eigenvalue weighted by atomic mass is 9.73. The second kappa shape index (κ2) is 14.6. The number of hydroxylamine groups is 1. The van der Waals surface area contributed by atoms with Gasteiger partial charge in [-0.1, -0.05) is 11.8 Å². The Bertz CT molecular complexity index is 1580. The number of methoxy groups -OCH3 is 1. The maximum absolute atomic E-state index is 16.5. The quantitative estimate of drug-likeness (QED) is 0.114. The lowest BCUT2D eigenvalue weighted by Crippen LogP contribution is -2.48. The first-order valence-electron chi connectivity index (χ1n) is 14.9. The van der Waals surface area contributed by atoms with Crippen LogP contribution in [0.1, 0.15) is 48.5 Å². The predicted octanol–water partition coefficient (Wildman–Crippen LogP) is 4.92. The maximum atomic E-state index is 16.5. The highest BCUT2D eigenvalue weighted by Gasteiger charge is 2.41. The summed E-state index contributed by atoms with van der Waals surface area (Å²) in [7, 11) is 1.55. The summed E-state index contributed by atoms with van der Waals surface area (Å²) in [6.45, 7) is 4.13. The van der Waals surface area contributed by atoms with E-state index < -0.39 is 34.9 Å². The number of rotatable bonds is 9. The molecule has 2 saturated heterocycles. The number of benzene rings is 2. The number of nitrogens with zero attached hydrogens (tertiary/aromatic N) is 3. The van der Waals surface area contributed by atoms with E-state index in [-0.39, 0.29) is 24.9 Å². The Balaban J connectivity index is 1.31. The van der Waals surface area contributed by atoms with Gasteiger partial charge in [-0.25, -0.2) is 23.0 Å². The molecule has 5 rings (SSSR count). The van der Waals surface area contributed by atoms with Gasteiger partial charge in [-0.15, -0.1) is 0 Å². The van der Waals surface area contributed by atoms with E-state index in [1.807, 2.05) is 4.90 Å². The number of morpholine rings is 1. The lowest BCUT2D eigenvalue weighted by Gasteiger charge is -2.40. The number of carbonyl (C=O) groups is 1. The van der Waals surface area contributed by atoms with Crippen molar-refractivity contribution in [3.8, 4) is 17.6 Å². The number of hydrogen-bond acceptors (Lipinski definition) is 7. The topological polar surface area (TPSA) is 87.2 Å². The highest BCUT2D eigenvalue weighted by molar-refractivity contribution is 5.85. The van der Waals surface area contributed by atoms with Crippen molar-refractivity contribution in [3.63, 3.8) is 0 Å². The van der Waals surface area contributed by atoms with Gasteiger partial charge >= 0.3 is 0 Å². The zero-order valence-electron chi connectivity index (χ0n) is 25.1. The van der Waals surface area contributed by atoms with Crippen molar-refractivity contribution >= 4 is 16.8 Å². The Labute approximate surface area is 259 Å². The number of halogens is 4. The fraction of sp³-hybridized carbons (Fsp3) is 0.455. The van der Waals surface area contributed by atoms with Crippen molar-refractivity contribution in [2.24, 2.45) is 5.41 Å². The lowest BCUT2D eigenvalue weighted by molar-refractivity contribution is -0.143. The number of likely N-dealkylation sites (tertiary alicyclic amines) is 1. The SMILES string of the molecule is COc1ccc2ncc(CN3CCOCC3)c(C(F)CCC3(C(=O)NO)CCN(CC#Cc4cc(F)cc(F)c4F)CC3)c2c1. The van der Waals surface area contributed by atoms with Gasteiger partial charge in [-0.2, -0.15) is 0 Å². The molecule has 3 aromatic rings. The first-order chi connectivity index (χ1) is 21.7. The largest absolute Gasteiger partial charge is 0.497 e. The number of amides is 1. The van der Waals surface area contributed by atoms with E-state index in [1.165, 1.54) is 0 Å². The Morgan fingerprint density at radius 3 is 2.60 bits per heavy atom. The van der Waals surface area contributed by atoms with Gasteiger partial charge < -0.3 is 9.47 Å². The molecule has 0 spiro atoms. The molecule has 0 bridgehead atoms. The Morgan fingerprint density at radius 2 is 1.89 bits per heavy atom. The number of aromatic nitrogens is 1. The van der Waals surface area contributed by atoms with Crippen molar-refractivity contribution in [1.82, 2.24) is 20.3 Å². The van der Waals surface area contributed by atoms with Crippen LogP contribution < -0.4 is 10.2 Å². The number of hydrogen-bond donors (Lipinski definition) is 2. The molecule has 8 nitrogen and oxygen atoms in total. The van der Waals surface area contributed by atoms with Crippen molar-refractivity contribution in [2.45, 2.75) is 38.4 Å². The summed E-state index contributed by atoms with van der Waals surface area (Å²) in [5.74, 6) is 1.77. The summed E-state index contributed by atoms with van der Waals surface area (Å²) in [6, 6.07) is 6.64. The first-order valence-corrected chi connectivity index (χ1v) is 14.9. The van der Waals surface area contributed by atoms with Gasteiger partial charge in [0.15, 0.2) is 11.6 Å². The highest BCUT2D eigenvalue weighted by atomic mass is 19.2. The minimum Gasteiger partial charge on any atom is -0.497 e. The average molecular weight is 629 g/mol. The van der Waals surface area contributed by atoms with Crippen LogP contribution in [-0.2, 0) is 16.1 Å². The first kappa shape index (κ1) is 32.6. The van der Waals surface area contributed by atoms with Crippen LogP contribution in [0.15, 0.2) is 36.5 Å². The second-order valence-electron chi connectivity index (χ2n) is 11.5. The number of piperidine rings is 1. The van der Waals surface area contributed by atoms with E-state index in [4.69, 9.17) is 9.47 Å². The maximum Gasteiger partial charge on any atom is 0.249 e. The fourth-order valence-electron chi connectivity index (χ4n) is 6.15. The molecule has 12 heteroatoms. The number of nitrogens with one attached hydrogen (secondary N) is 1. The third-order valence-electron chi connectivity index (χ3n) is 8.80. The average Bonchev–Trinajstić information content (AvgIpc) is 3.06. The molecular weight excluding hydrogens is 592 g/mol. The van der Waals surface area contributed by atoms with Gasteiger partial charge in [0.25, 0.3) is 0 Å². The van der Waals surface area contributed by atoms with Crippen LogP contribution in [0.2, 0.25) is 0 Å². The van der Waals surface area contributed by atoms with Gasteiger partial charge in [-0.3, -0.25) is 24.8 Å². The van der Waals surface area contributed by atoms with E-state index in [0.717, 1.165) is 24.7 Å². The van der Waals surface area contributed by atoms with Crippen LogP contribution >= 0.6 is 0 Å². The Hall–Kier alpha value is -3.76. The molecule has 0 saturated carbocycles. The molecular formula is C33H36F4N4O4. The van der Waals surface area contributed by atoms with E-state index in [1.54, 1.807) is 37.0 Å². The molecule has 1 atom stereocenters. The third-order valence-corrected chi connectivity index (χ3v) is 8.80. The van der Waals surface area contributed by atoms with Crippen molar-refractivity contribution < 1.29 is 37.0 Å². The van der Waals surface area contributed by atoms with E-state index in [2.05, 4.69) is 21.7 Å². The third kappa shape index (κ3) is 7.56. The smallest absolute Gasteiger partial charge is 0.249 e. The number of carbonyl (C=O) groups excluding carboxylic acids is 1. The number of pyridine rings is 1. The monoisotopic (exact) mass is 628 g/mol. The predicted molar refractivity (Wildman–Crippen MR) is 159 cm³/mol. The molecule has 1 aromatic heterocycles. The minimum atomic E-state index is -1.42. The summed E-state index contributed by atoms with van der Waals surface area (Å²) >= 11 is 0. The van der Waals surface area contributed by atoms with Gasteiger partial charge in [0, 0.05) is 55.9 Å². The summed E-state index contributed by atoms with van der Waals surface area (Å²) < 4.78 is 68.3. The second-order valence-corrected chi connectivity index (χ2v) is 11.5. The molecule has 2 aliphatic heterocycles. The molecule has 2 aliphatic rings. The van der Waals surface area contributed by atoms with Crippen LogP contribution in [-0.4, -0.2) is 78.9 Å².